The molecule has 0 saturated carbocycles. The average molecular weight is 501 g/mol. The maximum absolute atomic E-state index is 13.3. The number of esters is 1. The summed E-state index contributed by atoms with van der Waals surface area (Å²) in [6, 6.07) is 16.1. The predicted octanol–water partition coefficient (Wildman–Crippen LogP) is 4.52. The predicted molar refractivity (Wildman–Crippen MR) is 138 cm³/mol. The second-order valence-corrected chi connectivity index (χ2v) is 8.49. The van der Waals surface area contributed by atoms with Crippen LogP contribution in [0.4, 0.5) is 5.69 Å². The highest BCUT2D eigenvalue weighted by molar-refractivity contribution is 6.51. The van der Waals surface area contributed by atoms with Gasteiger partial charge in [0.05, 0.1) is 30.9 Å². The van der Waals surface area contributed by atoms with Crippen LogP contribution < -0.4 is 9.64 Å². The van der Waals surface area contributed by atoms with Crippen LogP contribution in [0, 0.1) is 6.92 Å². The number of amides is 1. The normalized spacial score (nSPS) is 16.6. The van der Waals surface area contributed by atoms with Gasteiger partial charge in [-0.05, 0) is 74.4 Å². The lowest BCUT2D eigenvalue weighted by Crippen LogP contribution is -2.29. The molecule has 0 radical (unpaired) electrons. The number of carbonyl (C=O) groups is 3. The van der Waals surface area contributed by atoms with Gasteiger partial charge >= 0.3 is 5.97 Å². The number of aryl methyl sites for hydroxylation is 1. The van der Waals surface area contributed by atoms with E-state index >= 15 is 0 Å². The van der Waals surface area contributed by atoms with Gasteiger partial charge in [0.15, 0.2) is 0 Å². The van der Waals surface area contributed by atoms with Crippen molar-refractivity contribution in [3.05, 3.63) is 94.8 Å². The molecule has 0 bridgehead atoms. The summed E-state index contributed by atoms with van der Waals surface area (Å²) in [5, 5.41) is 11.3. The van der Waals surface area contributed by atoms with Crippen LogP contribution in [0.5, 0.6) is 5.75 Å². The summed E-state index contributed by atoms with van der Waals surface area (Å²) in [5.74, 6) is -1.56. The smallest absolute Gasteiger partial charge is 0.310 e. The lowest BCUT2D eigenvalue weighted by molar-refractivity contribution is -0.142. The first kappa shape index (κ1) is 25.6. The number of pyridine rings is 1. The minimum absolute atomic E-state index is 0.0529. The van der Waals surface area contributed by atoms with Gasteiger partial charge in [-0.2, -0.15) is 0 Å². The van der Waals surface area contributed by atoms with Crippen LogP contribution in [-0.4, -0.2) is 41.0 Å². The Morgan fingerprint density at radius 3 is 2.41 bits per heavy atom. The number of benzene rings is 2. The first-order chi connectivity index (χ1) is 17.8. The van der Waals surface area contributed by atoms with Gasteiger partial charge in [-0.1, -0.05) is 18.2 Å². The molecule has 37 heavy (non-hydrogen) atoms. The molecule has 1 saturated heterocycles. The number of hydrogen-bond donors (Lipinski definition) is 1. The molecule has 8 nitrogen and oxygen atoms in total. The molecule has 2 heterocycles. The van der Waals surface area contributed by atoms with Crippen LogP contribution in [0.3, 0.4) is 0 Å². The van der Waals surface area contributed by atoms with Gasteiger partial charge in [0.25, 0.3) is 11.7 Å². The topological polar surface area (TPSA) is 106 Å². The number of hydrogen-bond acceptors (Lipinski definition) is 7. The SMILES string of the molecule is CCOC(=O)Cc1ccc(N2C(=O)C(=O)/C(=C(\O)c3ccc(OCC)c(C)c3)C2c2ccccn2)cc1. The molecule has 1 aliphatic heterocycles. The Kier molecular flexibility index (Phi) is 7.67. The van der Waals surface area contributed by atoms with Crippen molar-refractivity contribution in [2.45, 2.75) is 33.2 Å². The average Bonchev–Trinajstić information content (AvgIpc) is 3.16. The third-order valence-electron chi connectivity index (χ3n) is 6.03. The fourth-order valence-electron chi connectivity index (χ4n) is 4.34. The van der Waals surface area contributed by atoms with Crippen molar-refractivity contribution in [1.82, 2.24) is 4.98 Å². The highest BCUT2D eigenvalue weighted by Crippen LogP contribution is 2.41. The molecule has 1 N–H and O–H groups in total. The fraction of sp³-hybridized carbons (Fsp3) is 0.241. The molecule has 1 amide bonds. The molecular weight excluding hydrogens is 472 g/mol. The molecule has 1 aromatic heterocycles. The highest BCUT2D eigenvalue weighted by Gasteiger charge is 2.47. The Morgan fingerprint density at radius 2 is 1.78 bits per heavy atom. The van der Waals surface area contributed by atoms with Crippen LogP contribution >= 0.6 is 0 Å². The van der Waals surface area contributed by atoms with Crippen molar-refractivity contribution in [3.8, 4) is 5.75 Å². The lowest BCUT2D eigenvalue weighted by Gasteiger charge is -2.24. The summed E-state index contributed by atoms with van der Waals surface area (Å²) >= 11 is 0. The quantitative estimate of drug-likeness (QED) is 0.210. The summed E-state index contributed by atoms with van der Waals surface area (Å²) in [7, 11) is 0. The number of aliphatic hydroxyl groups excluding tert-OH is 1. The standard InChI is InChI=1S/C29H28N2O6/c1-4-36-23-14-11-20(16-18(23)3)27(33)25-26(22-8-6-7-15-30-22)31(29(35)28(25)34)21-12-9-19(10-13-21)17-24(32)37-5-2/h6-16,26,33H,4-5,17H2,1-3H3/b27-25-. The van der Waals surface area contributed by atoms with E-state index in [1.165, 1.54) is 4.90 Å². The number of nitrogens with zero attached hydrogens (tertiary/aromatic N) is 2. The van der Waals surface area contributed by atoms with Gasteiger partial charge in [-0.3, -0.25) is 24.3 Å². The third-order valence-corrected chi connectivity index (χ3v) is 6.03. The van der Waals surface area contributed by atoms with Gasteiger partial charge in [0.1, 0.15) is 17.6 Å². The van der Waals surface area contributed by atoms with Crippen molar-refractivity contribution >= 4 is 29.1 Å². The van der Waals surface area contributed by atoms with Gasteiger partial charge in [-0.15, -0.1) is 0 Å². The van der Waals surface area contributed by atoms with E-state index < -0.39 is 17.7 Å². The van der Waals surface area contributed by atoms with Crippen LogP contribution in [0.25, 0.3) is 5.76 Å². The maximum Gasteiger partial charge on any atom is 0.310 e. The van der Waals surface area contributed by atoms with Gasteiger partial charge in [0.2, 0.25) is 0 Å². The van der Waals surface area contributed by atoms with Gasteiger partial charge in [0, 0.05) is 17.4 Å². The Labute approximate surface area is 215 Å². The molecule has 1 atom stereocenters. The first-order valence-corrected chi connectivity index (χ1v) is 12.1. The van der Waals surface area contributed by atoms with Crippen LogP contribution in [0.2, 0.25) is 0 Å². The van der Waals surface area contributed by atoms with E-state index in [0.717, 1.165) is 5.56 Å². The van der Waals surface area contributed by atoms with Crippen LogP contribution in [-0.2, 0) is 25.5 Å². The Morgan fingerprint density at radius 1 is 1.03 bits per heavy atom. The Hall–Kier alpha value is -4.46. The van der Waals surface area contributed by atoms with Crippen molar-refractivity contribution in [1.29, 1.82) is 0 Å². The monoisotopic (exact) mass is 500 g/mol. The second kappa shape index (κ2) is 11.1. The van der Waals surface area contributed by atoms with E-state index in [-0.39, 0.29) is 23.7 Å². The fourth-order valence-corrected chi connectivity index (χ4v) is 4.34. The molecule has 190 valence electrons. The third kappa shape index (κ3) is 5.23. The number of aliphatic hydroxyl groups is 1. The van der Waals surface area contributed by atoms with E-state index in [1.54, 1.807) is 73.8 Å². The summed E-state index contributed by atoms with van der Waals surface area (Å²) in [6.45, 7) is 6.25. The molecule has 0 spiro atoms. The lowest BCUT2D eigenvalue weighted by atomic mass is 9.97. The van der Waals surface area contributed by atoms with Crippen LogP contribution in [0.15, 0.2) is 72.4 Å². The van der Waals surface area contributed by atoms with Crippen molar-refractivity contribution in [2.75, 3.05) is 18.1 Å². The zero-order valence-corrected chi connectivity index (χ0v) is 20.9. The van der Waals surface area contributed by atoms with Gasteiger partial charge in [-0.25, -0.2) is 0 Å². The second-order valence-electron chi connectivity index (χ2n) is 8.49. The van der Waals surface area contributed by atoms with Crippen molar-refractivity contribution in [3.63, 3.8) is 0 Å². The van der Waals surface area contributed by atoms with E-state index in [2.05, 4.69) is 4.98 Å². The molecular formula is C29H28N2O6. The van der Waals surface area contributed by atoms with E-state index in [4.69, 9.17) is 9.47 Å². The molecule has 1 unspecified atom stereocenters. The largest absolute Gasteiger partial charge is 0.507 e. The maximum atomic E-state index is 13.3. The Bertz CT molecular complexity index is 1350. The summed E-state index contributed by atoms with van der Waals surface area (Å²) < 4.78 is 10.6. The highest BCUT2D eigenvalue weighted by atomic mass is 16.5. The van der Waals surface area contributed by atoms with E-state index in [0.29, 0.717) is 41.5 Å². The number of carbonyl (C=O) groups excluding carboxylic acids is 3. The molecule has 8 heteroatoms. The number of Topliss-reactive ketones (excluding diaryl/α,β-unsaturated/α-hetero) is 1. The molecule has 4 rings (SSSR count). The molecule has 1 fully saturated rings. The molecule has 2 aromatic carbocycles. The summed E-state index contributed by atoms with van der Waals surface area (Å²) in [5.41, 5.74) is 2.70. The number of ketones is 1. The summed E-state index contributed by atoms with van der Waals surface area (Å²) in [6.07, 6.45) is 1.66. The van der Waals surface area contributed by atoms with Crippen molar-refractivity contribution in [2.24, 2.45) is 0 Å². The van der Waals surface area contributed by atoms with E-state index in [9.17, 15) is 19.5 Å². The molecule has 0 aliphatic carbocycles. The van der Waals surface area contributed by atoms with Crippen molar-refractivity contribution < 1.29 is 29.0 Å². The van der Waals surface area contributed by atoms with Crippen LogP contribution in [0.1, 0.15) is 42.3 Å². The first-order valence-electron chi connectivity index (χ1n) is 12.1. The number of anilines is 1. The number of aromatic nitrogens is 1. The molecule has 1 aliphatic rings. The minimum atomic E-state index is -0.941. The van der Waals surface area contributed by atoms with Gasteiger partial charge < -0.3 is 14.6 Å². The molecule has 3 aromatic rings. The number of ether oxygens (including phenoxy) is 2. The number of rotatable bonds is 8. The van der Waals surface area contributed by atoms with E-state index in [1.807, 2.05) is 13.8 Å². The minimum Gasteiger partial charge on any atom is -0.507 e. The zero-order chi connectivity index (χ0) is 26.5. The zero-order valence-electron chi connectivity index (χ0n) is 20.9. The summed E-state index contributed by atoms with van der Waals surface area (Å²) in [4.78, 5) is 44.2. The Balaban J connectivity index is 1.78.